The number of imidazole rings is 1. The molecule has 1 N–H and O–H groups in total. The number of fused-ring (bicyclic) bond motifs is 2. The molecule has 1 aliphatic heterocycles. The quantitative estimate of drug-likeness (QED) is 0.666. The zero-order valence-corrected chi connectivity index (χ0v) is 14.4. The lowest BCUT2D eigenvalue weighted by Gasteiger charge is -2.34. The van der Waals surface area contributed by atoms with E-state index in [-0.39, 0.29) is 11.9 Å². The Balaban J connectivity index is 1.69. The van der Waals surface area contributed by atoms with Crippen molar-refractivity contribution in [3.05, 3.63) is 57.6 Å². The molecule has 122 valence electrons. The lowest BCUT2D eigenvalue weighted by atomic mass is 9.98. The largest absolute Gasteiger partial charge is 0.334 e. The Kier molecular flexibility index (Phi) is 3.70. The first-order valence-electron chi connectivity index (χ1n) is 7.65. The van der Waals surface area contributed by atoms with Crippen molar-refractivity contribution in [3.8, 4) is 0 Å². The van der Waals surface area contributed by atoms with Crippen molar-refractivity contribution in [1.29, 1.82) is 0 Å². The van der Waals surface area contributed by atoms with E-state index in [0.29, 0.717) is 34.5 Å². The number of halogens is 2. The van der Waals surface area contributed by atoms with Crippen molar-refractivity contribution in [2.45, 2.75) is 19.4 Å². The van der Waals surface area contributed by atoms with Crippen molar-refractivity contribution < 1.29 is 4.79 Å². The van der Waals surface area contributed by atoms with Gasteiger partial charge in [0.25, 0.3) is 5.91 Å². The lowest BCUT2D eigenvalue weighted by molar-refractivity contribution is 0.0665. The van der Waals surface area contributed by atoms with E-state index in [1.165, 1.54) is 0 Å². The number of hydrogen-bond donors (Lipinski definition) is 1. The van der Waals surface area contributed by atoms with E-state index in [0.717, 1.165) is 16.8 Å². The number of carbonyl (C=O) groups excluding carboxylic acids is 1. The molecule has 0 unspecified atom stereocenters. The van der Waals surface area contributed by atoms with Crippen molar-refractivity contribution >= 4 is 40.1 Å². The molecule has 1 aliphatic rings. The molecule has 5 nitrogen and oxygen atoms in total. The maximum atomic E-state index is 12.9. The molecule has 4 rings (SSSR count). The molecule has 0 saturated carbocycles. The van der Waals surface area contributed by atoms with Gasteiger partial charge >= 0.3 is 0 Å². The number of nitrogens with zero attached hydrogens (tertiary/aromatic N) is 3. The molecule has 0 spiro atoms. The first-order valence-corrected chi connectivity index (χ1v) is 8.40. The maximum absolute atomic E-state index is 12.9. The summed E-state index contributed by atoms with van der Waals surface area (Å²) in [5, 5.41) is 1.01. The van der Waals surface area contributed by atoms with E-state index in [2.05, 4.69) is 15.0 Å². The first-order chi connectivity index (χ1) is 11.5. The van der Waals surface area contributed by atoms with Crippen LogP contribution in [0.15, 0.2) is 30.3 Å². The highest BCUT2D eigenvalue weighted by Crippen LogP contribution is 2.30. The average molecular weight is 361 g/mol. The Morgan fingerprint density at radius 3 is 2.88 bits per heavy atom. The highest BCUT2D eigenvalue weighted by molar-refractivity contribution is 6.35. The zero-order chi connectivity index (χ0) is 16.8. The van der Waals surface area contributed by atoms with Gasteiger partial charge in [-0.25, -0.2) is 9.97 Å². The Bertz CT molecular complexity index is 953. The molecule has 3 heterocycles. The summed E-state index contributed by atoms with van der Waals surface area (Å²) in [5.74, 6) is 0.158. The van der Waals surface area contributed by atoms with Gasteiger partial charge in [-0.15, -0.1) is 0 Å². The van der Waals surface area contributed by atoms with Crippen LogP contribution < -0.4 is 0 Å². The molecular formula is C17H14Cl2N4O. The fraction of sp³-hybridized carbons (Fsp3) is 0.235. The van der Waals surface area contributed by atoms with E-state index >= 15 is 0 Å². The number of aromatic amines is 1. The molecule has 0 saturated heterocycles. The number of H-pyrrole nitrogens is 1. The van der Waals surface area contributed by atoms with E-state index in [1.807, 2.05) is 25.1 Å². The van der Waals surface area contributed by atoms with E-state index in [4.69, 9.17) is 23.2 Å². The van der Waals surface area contributed by atoms with Crippen LogP contribution in [0.3, 0.4) is 0 Å². The second-order valence-electron chi connectivity index (χ2n) is 5.82. The third kappa shape index (κ3) is 2.44. The summed E-state index contributed by atoms with van der Waals surface area (Å²) < 4.78 is 0. The molecule has 0 fully saturated rings. The van der Waals surface area contributed by atoms with Gasteiger partial charge in [0, 0.05) is 18.7 Å². The standard InChI is InChI=1S/C17H14Cl2N4O/c1-9-10-5-6-14(19)20-12(10)7-8-23(9)17(24)16-21-13-4-2-3-11(18)15(13)22-16/h2-6,9H,7-8H2,1H3,(H,21,22)/t9-/m1/s1. The van der Waals surface area contributed by atoms with Gasteiger partial charge in [-0.1, -0.05) is 35.3 Å². The van der Waals surface area contributed by atoms with Crippen molar-refractivity contribution in [2.75, 3.05) is 6.54 Å². The lowest BCUT2D eigenvalue weighted by Crippen LogP contribution is -2.39. The van der Waals surface area contributed by atoms with Crippen LogP contribution >= 0.6 is 23.2 Å². The Morgan fingerprint density at radius 2 is 2.08 bits per heavy atom. The Morgan fingerprint density at radius 1 is 1.25 bits per heavy atom. The van der Waals surface area contributed by atoms with Crippen molar-refractivity contribution in [2.24, 2.45) is 0 Å². The molecule has 3 aromatic rings. The maximum Gasteiger partial charge on any atom is 0.290 e. The minimum absolute atomic E-state index is 0.0882. The van der Waals surface area contributed by atoms with Gasteiger partial charge in [-0.05, 0) is 30.7 Å². The summed E-state index contributed by atoms with van der Waals surface area (Å²) in [7, 11) is 0. The first kappa shape index (κ1) is 15.4. The molecule has 1 amide bonds. The second-order valence-corrected chi connectivity index (χ2v) is 6.61. The summed E-state index contributed by atoms with van der Waals surface area (Å²) in [6, 6.07) is 9.04. The second kappa shape index (κ2) is 5.76. The van der Waals surface area contributed by atoms with Crippen LogP contribution in [0.25, 0.3) is 11.0 Å². The third-order valence-corrected chi connectivity index (χ3v) is 4.92. The van der Waals surface area contributed by atoms with Gasteiger partial charge in [-0.2, -0.15) is 0 Å². The van der Waals surface area contributed by atoms with Crippen molar-refractivity contribution in [3.63, 3.8) is 0 Å². The summed E-state index contributed by atoms with van der Waals surface area (Å²) in [5.41, 5.74) is 3.34. The monoisotopic (exact) mass is 360 g/mol. The third-order valence-electron chi connectivity index (χ3n) is 4.41. The van der Waals surface area contributed by atoms with Crippen LogP contribution in [0.5, 0.6) is 0 Å². The summed E-state index contributed by atoms with van der Waals surface area (Å²) in [6.07, 6.45) is 0.674. The average Bonchev–Trinajstić information content (AvgIpc) is 3.00. The van der Waals surface area contributed by atoms with Crippen LogP contribution in [0.1, 0.15) is 34.8 Å². The van der Waals surface area contributed by atoms with Gasteiger partial charge < -0.3 is 9.88 Å². The van der Waals surface area contributed by atoms with E-state index < -0.39 is 0 Å². The molecule has 0 radical (unpaired) electrons. The number of pyridine rings is 1. The summed E-state index contributed by atoms with van der Waals surface area (Å²) >= 11 is 12.1. The van der Waals surface area contributed by atoms with Gasteiger partial charge in [0.1, 0.15) is 10.7 Å². The van der Waals surface area contributed by atoms with Crippen molar-refractivity contribution in [1.82, 2.24) is 19.9 Å². The molecule has 0 aliphatic carbocycles. The van der Waals surface area contributed by atoms with E-state index in [1.54, 1.807) is 17.0 Å². The van der Waals surface area contributed by atoms with Gasteiger partial charge in [0.15, 0.2) is 5.82 Å². The predicted molar refractivity (Wildman–Crippen MR) is 93.5 cm³/mol. The zero-order valence-electron chi connectivity index (χ0n) is 12.9. The number of hydrogen-bond acceptors (Lipinski definition) is 3. The SMILES string of the molecule is C[C@@H]1c2ccc(Cl)nc2CCN1C(=O)c1nc2c(Cl)cccc2[nH]1. The Hall–Kier alpha value is -2.11. The van der Waals surface area contributed by atoms with Gasteiger partial charge in [-0.3, -0.25) is 4.79 Å². The smallest absolute Gasteiger partial charge is 0.290 e. The molecule has 7 heteroatoms. The number of amides is 1. The summed E-state index contributed by atoms with van der Waals surface area (Å²) in [4.78, 5) is 26.5. The number of benzene rings is 1. The molecule has 0 bridgehead atoms. The van der Waals surface area contributed by atoms with Crippen LogP contribution in [-0.2, 0) is 6.42 Å². The number of rotatable bonds is 1. The predicted octanol–water partition coefficient (Wildman–Crippen LogP) is 4.02. The fourth-order valence-corrected chi connectivity index (χ4v) is 3.55. The van der Waals surface area contributed by atoms with Crippen LogP contribution in [0, 0.1) is 0 Å². The number of aromatic nitrogens is 3. The van der Waals surface area contributed by atoms with Crippen LogP contribution in [0.4, 0.5) is 0 Å². The molecule has 2 aromatic heterocycles. The Labute approximate surface area is 148 Å². The number of para-hydroxylation sites is 1. The number of carbonyl (C=O) groups is 1. The molecule has 24 heavy (non-hydrogen) atoms. The molecular weight excluding hydrogens is 347 g/mol. The van der Waals surface area contributed by atoms with E-state index in [9.17, 15) is 4.79 Å². The normalized spacial score (nSPS) is 17.1. The minimum Gasteiger partial charge on any atom is -0.334 e. The molecule has 1 atom stereocenters. The van der Waals surface area contributed by atoms with Crippen LogP contribution in [0.2, 0.25) is 10.2 Å². The minimum atomic E-state index is -0.143. The highest BCUT2D eigenvalue weighted by Gasteiger charge is 2.30. The van der Waals surface area contributed by atoms with Gasteiger partial charge in [0.2, 0.25) is 0 Å². The van der Waals surface area contributed by atoms with Crippen LogP contribution in [-0.4, -0.2) is 32.3 Å². The van der Waals surface area contributed by atoms with Gasteiger partial charge in [0.05, 0.1) is 16.6 Å². The topological polar surface area (TPSA) is 61.9 Å². The molecule has 1 aromatic carbocycles. The summed E-state index contributed by atoms with van der Waals surface area (Å²) in [6.45, 7) is 2.56. The fourth-order valence-electron chi connectivity index (χ4n) is 3.17. The number of nitrogens with one attached hydrogen (secondary N) is 1. The highest BCUT2D eigenvalue weighted by atomic mass is 35.5.